The Hall–Kier alpha value is -2.11. The van der Waals surface area contributed by atoms with E-state index >= 15 is 0 Å². The number of anilines is 1. The number of nitro benzene ring substituents is 1. The molecule has 98 valence electrons. The molecule has 0 radical (unpaired) electrons. The van der Waals surface area contributed by atoms with E-state index in [-0.39, 0.29) is 22.8 Å². The highest BCUT2D eigenvalue weighted by molar-refractivity contribution is 6.00. The SMILES string of the molecule is CC(C)CN(C)C(=O)c1cccc(N)c1[N+](=O)[O-]. The van der Waals surface area contributed by atoms with Gasteiger partial charge in [-0.3, -0.25) is 14.9 Å². The Balaban J connectivity index is 3.13. The minimum Gasteiger partial charge on any atom is -0.393 e. The van der Waals surface area contributed by atoms with Crippen LogP contribution in [0.1, 0.15) is 24.2 Å². The standard InChI is InChI=1S/C12H17N3O3/c1-8(2)7-14(3)12(16)9-5-4-6-10(13)11(9)15(17)18/h4-6,8H,7,13H2,1-3H3. The van der Waals surface area contributed by atoms with E-state index in [0.29, 0.717) is 12.5 Å². The van der Waals surface area contributed by atoms with Gasteiger partial charge in [0, 0.05) is 13.6 Å². The summed E-state index contributed by atoms with van der Waals surface area (Å²) in [6.45, 7) is 4.47. The van der Waals surface area contributed by atoms with Gasteiger partial charge in [0.25, 0.3) is 5.91 Å². The van der Waals surface area contributed by atoms with E-state index in [1.54, 1.807) is 13.1 Å². The zero-order valence-corrected chi connectivity index (χ0v) is 10.7. The van der Waals surface area contributed by atoms with Crippen LogP contribution in [0.4, 0.5) is 11.4 Å². The zero-order chi connectivity index (χ0) is 13.9. The molecular weight excluding hydrogens is 234 g/mol. The number of hydrogen-bond donors (Lipinski definition) is 1. The highest BCUT2D eigenvalue weighted by Gasteiger charge is 2.25. The molecule has 0 spiro atoms. The second-order valence-electron chi connectivity index (χ2n) is 4.58. The Morgan fingerprint density at radius 1 is 1.50 bits per heavy atom. The first-order valence-corrected chi connectivity index (χ1v) is 5.63. The van der Waals surface area contributed by atoms with Gasteiger partial charge < -0.3 is 10.6 Å². The van der Waals surface area contributed by atoms with Crippen molar-refractivity contribution < 1.29 is 9.72 Å². The van der Waals surface area contributed by atoms with Crippen LogP contribution in [0.5, 0.6) is 0 Å². The predicted octanol–water partition coefficient (Wildman–Crippen LogP) is 1.91. The summed E-state index contributed by atoms with van der Waals surface area (Å²) >= 11 is 0. The first-order valence-electron chi connectivity index (χ1n) is 5.63. The van der Waals surface area contributed by atoms with Gasteiger partial charge >= 0.3 is 5.69 Å². The summed E-state index contributed by atoms with van der Waals surface area (Å²) in [5.74, 6) is -0.0956. The molecule has 18 heavy (non-hydrogen) atoms. The summed E-state index contributed by atoms with van der Waals surface area (Å²) in [4.78, 5) is 23.9. The highest BCUT2D eigenvalue weighted by Crippen LogP contribution is 2.26. The van der Waals surface area contributed by atoms with Gasteiger partial charge in [-0.25, -0.2) is 0 Å². The number of nitrogens with zero attached hydrogens (tertiary/aromatic N) is 2. The van der Waals surface area contributed by atoms with Crippen molar-refractivity contribution in [1.29, 1.82) is 0 Å². The minimum absolute atomic E-state index is 0.00352. The monoisotopic (exact) mass is 251 g/mol. The lowest BCUT2D eigenvalue weighted by Crippen LogP contribution is -2.30. The number of nitro groups is 1. The Morgan fingerprint density at radius 3 is 2.61 bits per heavy atom. The topological polar surface area (TPSA) is 89.5 Å². The molecule has 0 heterocycles. The zero-order valence-electron chi connectivity index (χ0n) is 10.7. The molecule has 0 aromatic heterocycles. The number of carbonyl (C=O) groups is 1. The Bertz CT molecular complexity index is 472. The van der Waals surface area contributed by atoms with Crippen molar-refractivity contribution in [1.82, 2.24) is 4.90 Å². The molecule has 6 heteroatoms. The maximum absolute atomic E-state index is 12.1. The van der Waals surface area contributed by atoms with Crippen molar-refractivity contribution in [3.8, 4) is 0 Å². The second kappa shape index (κ2) is 5.48. The van der Waals surface area contributed by atoms with Gasteiger partial charge in [-0.05, 0) is 18.1 Å². The van der Waals surface area contributed by atoms with Gasteiger partial charge in [0.1, 0.15) is 11.3 Å². The Labute approximate surface area is 106 Å². The largest absolute Gasteiger partial charge is 0.393 e. The fourth-order valence-corrected chi connectivity index (χ4v) is 1.77. The number of rotatable bonds is 4. The summed E-state index contributed by atoms with van der Waals surface area (Å²) < 4.78 is 0. The van der Waals surface area contributed by atoms with E-state index in [2.05, 4.69) is 0 Å². The maximum Gasteiger partial charge on any atom is 0.304 e. The van der Waals surface area contributed by atoms with Gasteiger partial charge in [0.15, 0.2) is 0 Å². The van der Waals surface area contributed by atoms with Crippen LogP contribution < -0.4 is 5.73 Å². The summed E-state index contributed by atoms with van der Waals surface area (Å²) in [5, 5.41) is 10.9. The van der Waals surface area contributed by atoms with Crippen LogP contribution in [-0.4, -0.2) is 29.3 Å². The van der Waals surface area contributed by atoms with E-state index in [1.807, 2.05) is 13.8 Å². The number of amides is 1. The second-order valence-corrected chi connectivity index (χ2v) is 4.58. The number of nitrogens with two attached hydrogens (primary N) is 1. The first-order chi connectivity index (χ1) is 8.34. The molecule has 0 atom stereocenters. The van der Waals surface area contributed by atoms with Crippen molar-refractivity contribution in [3.05, 3.63) is 33.9 Å². The van der Waals surface area contributed by atoms with E-state index in [0.717, 1.165) is 0 Å². The van der Waals surface area contributed by atoms with Crippen LogP contribution in [-0.2, 0) is 0 Å². The summed E-state index contributed by atoms with van der Waals surface area (Å²) in [6, 6.07) is 4.38. The molecule has 1 amide bonds. The number of hydrogen-bond acceptors (Lipinski definition) is 4. The molecule has 6 nitrogen and oxygen atoms in total. The molecule has 1 aromatic rings. The Kier molecular flexibility index (Phi) is 4.25. The van der Waals surface area contributed by atoms with Gasteiger partial charge in [0.05, 0.1) is 4.92 Å². The molecule has 1 aromatic carbocycles. The van der Waals surface area contributed by atoms with Gasteiger partial charge in [0.2, 0.25) is 0 Å². The normalized spacial score (nSPS) is 10.4. The molecule has 0 saturated heterocycles. The number of benzene rings is 1. The molecule has 0 saturated carbocycles. The molecule has 2 N–H and O–H groups in total. The van der Waals surface area contributed by atoms with Crippen molar-refractivity contribution in [2.24, 2.45) is 5.92 Å². The molecule has 0 unspecified atom stereocenters. The van der Waals surface area contributed by atoms with Gasteiger partial charge in [-0.2, -0.15) is 0 Å². The van der Waals surface area contributed by atoms with E-state index < -0.39 is 4.92 Å². The van der Waals surface area contributed by atoms with Crippen LogP contribution in [0, 0.1) is 16.0 Å². The lowest BCUT2D eigenvalue weighted by molar-refractivity contribution is -0.384. The molecule has 0 aliphatic heterocycles. The molecule has 0 aliphatic rings. The van der Waals surface area contributed by atoms with Crippen LogP contribution in [0.25, 0.3) is 0 Å². The molecule has 0 fully saturated rings. The van der Waals surface area contributed by atoms with Crippen LogP contribution in [0.15, 0.2) is 18.2 Å². The third-order valence-electron chi connectivity index (χ3n) is 2.47. The molecule has 0 bridgehead atoms. The number of nitrogen functional groups attached to an aromatic ring is 1. The minimum atomic E-state index is -0.619. The summed E-state index contributed by atoms with van der Waals surface area (Å²) in [6.07, 6.45) is 0. The molecular formula is C12H17N3O3. The third kappa shape index (κ3) is 2.97. The fourth-order valence-electron chi connectivity index (χ4n) is 1.77. The van der Waals surface area contributed by atoms with E-state index in [9.17, 15) is 14.9 Å². The van der Waals surface area contributed by atoms with Gasteiger partial charge in [-0.1, -0.05) is 19.9 Å². The number of para-hydroxylation sites is 1. The van der Waals surface area contributed by atoms with Gasteiger partial charge in [-0.15, -0.1) is 0 Å². The lowest BCUT2D eigenvalue weighted by atomic mass is 10.1. The number of carbonyl (C=O) groups excluding carboxylic acids is 1. The van der Waals surface area contributed by atoms with Crippen molar-refractivity contribution in [2.75, 3.05) is 19.3 Å². The van der Waals surface area contributed by atoms with Crippen LogP contribution >= 0.6 is 0 Å². The summed E-state index contributed by atoms with van der Waals surface area (Å²) in [7, 11) is 1.62. The molecule has 1 rings (SSSR count). The third-order valence-corrected chi connectivity index (χ3v) is 2.47. The summed E-state index contributed by atoms with van der Waals surface area (Å²) in [5.41, 5.74) is 5.26. The average Bonchev–Trinajstić information content (AvgIpc) is 2.26. The lowest BCUT2D eigenvalue weighted by Gasteiger charge is -2.19. The van der Waals surface area contributed by atoms with Crippen LogP contribution in [0.2, 0.25) is 0 Å². The predicted molar refractivity (Wildman–Crippen MR) is 69.3 cm³/mol. The van der Waals surface area contributed by atoms with Crippen molar-refractivity contribution in [3.63, 3.8) is 0 Å². The quantitative estimate of drug-likeness (QED) is 0.502. The van der Waals surface area contributed by atoms with Crippen molar-refractivity contribution in [2.45, 2.75) is 13.8 Å². The van der Waals surface area contributed by atoms with Crippen molar-refractivity contribution >= 4 is 17.3 Å². The fraction of sp³-hybridized carbons (Fsp3) is 0.417. The highest BCUT2D eigenvalue weighted by atomic mass is 16.6. The maximum atomic E-state index is 12.1. The van der Waals surface area contributed by atoms with E-state index in [4.69, 9.17) is 5.73 Å². The molecule has 0 aliphatic carbocycles. The smallest absolute Gasteiger partial charge is 0.304 e. The van der Waals surface area contributed by atoms with E-state index in [1.165, 1.54) is 17.0 Å². The Morgan fingerprint density at radius 2 is 2.11 bits per heavy atom. The van der Waals surface area contributed by atoms with Crippen LogP contribution in [0.3, 0.4) is 0 Å². The average molecular weight is 251 g/mol. The first kappa shape index (κ1) is 14.0.